The van der Waals surface area contributed by atoms with E-state index in [1.54, 1.807) is 0 Å². The summed E-state index contributed by atoms with van der Waals surface area (Å²) in [5, 5.41) is 0. The van der Waals surface area contributed by atoms with Gasteiger partial charge in [-0.25, -0.2) is 4.98 Å². The van der Waals surface area contributed by atoms with E-state index >= 15 is 0 Å². The van der Waals surface area contributed by atoms with E-state index in [2.05, 4.69) is 67.7 Å². The summed E-state index contributed by atoms with van der Waals surface area (Å²) < 4.78 is 6.76. The summed E-state index contributed by atoms with van der Waals surface area (Å²) in [5.74, 6) is 1.11. The average molecular weight is 296 g/mol. The fourth-order valence-electron chi connectivity index (χ4n) is 1.69. The molecule has 2 rings (SSSR count). The standard InChI is InChI=1S/C14H18BrNO/c1-8(2)13-16-11-7-9(14(3,4)5)6-10(15)12(11)17-13/h6-8H,1-5H3. The number of fused-ring (bicyclic) bond motifs is 1. The van der Waals surface area contributed by atoms with Crippen LogP contribution in [0.25, 0.3) is 11.1 Å². The molecule has 0 aliphatic rings. The molecule has 1 aromatic heterocycles. The van der Waals surface area contributed by atoms with Crippen LogP contribution in [0.5, 0.6) is 0 Å². The smallest absolute Gasteiger partial charge is 0.198 e. The van der Waals surface area contributed by atoms with Gasteiger partial charge in [-0.2, -0.15) is 0 Å². The van der Waals surface area contributed by atoms with Gasteiger partial charge in [-0.3, -0.25) is 0 Å². The Labute approximate surface area is 111 Å². The molecule has 0 spiro atoms. The fourth-order valence-corrected chi connectivity index (χ4v) is 2.22. The maximum atomic E-state index is 5.77. The van der Waals surface area contributed by atoms with Crippen molar-refractivity contribution in [2.75, 3.05) is 0 Å². The van der Waals surface area contributed by atoms with Crippen molar-refractivity contribution in [2.24, 2.45) is 0 Å². The van der Waals surface area contributed by atoms with Gasteiger partial charge in [0.1, 0.15) is 5.52 Å². The lowest BCUT2D eigenvalue weighted by molar-refractivity contribution is 0.500. The first-order valence-electron chi connectivity index (χ1n) is 5.89. The Morgan fingerprint density at radius 3 is 2.41 bits per heavy atom. The van der Waals surface area contributed by atoms with E-state index in [-0.39, 0.29) is 5.41 Å². The van der Waals surface area contributed by atoms with E-state index in [0.717, 1.165) is 21.5 Å². The summed E-state index contributed by atoms with van der Waals surface area (Å²) in [6, 6.07) is 4.24. The van der Waals surface area contributed by atoms with Gasteiger partial charge in [-0.1, -0.05) is 34.6 Å². The second-order valence-corrected chi connectivity index (χ2v) is 6.62. The lowest BCUT2D eigenvalue weighted by atomic mass is 9.87. The Balaban J connectivity index is 2.65. The molecule has 0 saturated carbocycles. The monoisotopic (exact) mass is 295 g/mol. The van der Waals surface area contributed by atoms with Crippen LogP contribution in [-0.4, -0.2) is 4.98 Å². The summed E-state index contributed by atoms with van der Waals surface area (Å²) in [7, 11) is 0. The summed E-state index contributed by atoms with van der Waals surface area (Å²) in [6.45, 7) is 10.8. The molecule has 3 heteroatoms. The second kappa shape index (κ2) is 4.13. The van der Waals surface area contributed by atoms with Crippen molar-refractivity contribution in [1.29, 1.82) is 0 Å². The molecule has 0 unspecified atom stereocenters. The van der Waals surface area contributed by atoms with E-state index in [1.165, 1.54) is 5.56 Å². The molecule has 0 atom stereocenters. The Hall–Kier alpha value is -0.830. The van der Waals surface area contributed by atoms with Crippen LogP contribution < -0.4 is 0 Å². The van der Waals surface area contributed by atoms with Crippen LogP contribution in [0.2, 0.25) is 0 Å². The van der Waals surface area contributed by atoms with Crippen LogP contribution >= 0.6 is 15.9 Å². The molecule has 1 aromatic carbocycles. The van der Waals surface area contributed by atoms with Gasteiger partial charge in [0.15, 0.2) is 11.5 Å². The molecule has 0 aliphatic heterocycles. The first-order chi connectivity index (χ1) is 7.79. The third-order valence-electron chi connectivity index (χ3n) is 2.82. The maximum Gasteiger partial charge on any atom is 0.198 e. The zero-order valence-corrected chi connectivity index (χ0v) is 12.6. The van der Waals surface area contributed by atoms with Gasteiger partial charge >= 0.3 is 0 Å². The fraction of sp³-hybridized carbons (Fsp3) is 0.500. The summed E-state index contributed by atoms with van der Waals surface area (Å²) in [4.78, 5) is 4.55. The molecule has 2 nitrogen and oxygen atoms in total. The van der Waals surface area contributed by atoms with Crippen LogP contribution in [0.3, 0.4) is 0 Å². The van der Waals surface area contributed by atoms with E-state index in [4.69, 9.17) is 4.42 Å². The van der Waals surface area contributed by atoms with Gasteiger partial charge in [0.2, 0.25) is 0 Å². The molecule has 2 aromatic rings. The van der Waals surface area contributed by atoms with Gasteiger partial charge in [0, 0.05) is 5.92 Å². The van der Waals surface area contributed by atoms with Crippen LogP contribution in [-0.2, 0) is 5.41 Å². The highest BCUT2D eigenvalue weighted by molar-refractivity contribution is 9.10. The Kier molecular flexibility index (Phi) is 3.06. The molecule has 0 amide bonds. The highest BCUT2D eigenvalue weighted by Crippen LogP contribution is 2.33. The average Bonchev–Trinajstić information content (AvgIpc) is 2.60. The van der Waals surface area contributed by atoms with Crippen molar-refractivity contribution in [3.63, 3.8) is 0 Å². The predicted octanol–water partition coefficient (Wildman–Crippen LogP) is 5.01. The van der Waals surface area contributed by atoms with Crippen molar-refractivity contribution in [2.45, 2.75) is 46.0 Å². The van der Waals surface area contributed by atoms with Crippen molar-refractivity contribution in [3.8, 4) is 0 Å². The summed E-state index contributed by atoms with van der Waals surface area (Å²) in [5.41, 5.74) is 3.17. The highest BCUT2D eigenvalue weighted by atomic mass is 79.9. The van der Waals surface area contributed by atoms with E-state index in [9.17, 15) is 0 Å². The molecule has 1 heterocycles. The quantitative estimate of drug-likeness (QED) is 0.739. The highest BCUT2D eigenvalue weighted by Gasteiger charge is 2.18. The number of halogens is 1. The normalized spacial score (nSPS) is 12.6. The number of oxazole rings is 1. The van der Waals surface area contributed by atoms with Crippen molar-refractivity contribution >= 4 is 27.0 Å². The largest absolute Gasteiger partial charge is 0.439 e. The van der Waals surface area contributed by atoms with Crippen LogP contribution in [0, 0.1) is 0 Å². The second-order valence-electron chi connectivity index (χ2n) is 5.76. The molecule has 0 saturated heterocycles. The van der Waals surface area contributed by atoms with E-state index in [1.807, 2.05) is 0 Å². The number of hydrogen-bond acceptors (Lipinski definition) is 2. The number of benzene rings is 1. The van der Waals surface area contributed by atoms with Gasteiger partial charge in [-0.05, 0) is 39.0 Å². The molecular formula is C14H18BrNO. The molecule has 0 aliphatic carbocycles. The maximum absolute atomic E-state index is 5.77. The zero-order valence-electron chi connectivity index (χ0n) is 11.0. The van der Waals surface area contributed by atoms with E-state index in [0.29, 0.717) is 5.92 Å². The molecule has 92 valence electrons. The van der Waals surface area contributed by atoms with Gasteiger partial charge in [0.05, 0.1) is 4.47 Å². The lowest BCUT2D eigenvalue weighted by Crippen LogP contribution is -2.10. The first kappa shape index (κ1) is 12.6. The lowest BCUT2D eigenvalue weighted by Gasteiger charge is -2.18. The molecule has 0 bridgehead atoms. The van der Waals surface area contributed by atoms with Gasteiger partial charge in [-0.15, -0.1) is 0 Å². The van der Waals surface area contributed by atoms with E-state index < -0.39 is 0 Å². The Morgan fingerprint density at radius 1 is 1.24 bits per heavy atom. The topological polar surface area (TPSA) is 26.0 Å². The minimum absolute atomic E-state index is 0.119. The minimum Gasteiger partial charge on any atom is -0.439 e. The van der Waals surface area contributed by atoms with Crippen LogP contribution in [0.4, 0.5) is 0 Å². The number of nitrogens with zero attached hydrogens (tertiary/aromatic N) is 1. The summed E-state index contributed by atoms with van der Waals surface area (Å²) >= 11 is 3.57. The van der Waals surface area contributed by atoms with Gasteiger partial charge < -0.3 is 4.42 Å². The zero-order chi connectivity index (χ0) is 12.8. The molecular weight excluding hydrogens is 278 g/mol. The van der Waals surface area contributed by atoms with Gasteiger partial charge in [0.25, 0.3) is 0 Å². The van der Waals surface area contributed by atoms with Crippen molar-refractivity contribution in [1.82, 2.24) is 4.98 Å². The van der Waals surface area contributed by atoms with Crippen LogP contribution in [0.15, 0.2) is 21.0 Å². The molecule has 0 fully saturated rings. The number of hydrogen-bond donors (Lipinski definition) is 0. The Bertz CT molecular complexity index is 549. The number of rotatable bonds is 1. The molecule has 0 N–H and O–H groups in total. The van der Waals surface area contributed by atoms with Crippen molar-refractivity contribution in [3.05, 3.63) is 28.1 Å². The van der Waals surface area contributed by atoms with Crippen LogP contribution in [0.1, 0.15) is 52.0 Å². The Morgan fingerprint density at radius 2 is 1.88 bits per heavy atom. The summed E-state index contributed by atoms with van der Waals surface area (Å²) in [6.07, 6.45) is 0. The predicted molar refractivity (Wildman–Crippen MR) is 74.5 cm³/mol. The first-order valence-corrected chi connectivity index (χ1v) is 6.69. The number of aromatic nitrogens is 1. The molecule has 17 heavy (non-hydrogen) atoms. The SMILES string of the molecule is CC(C)c1nc2cc(C(C)(C)C)cc(Br)c2o1. The van der Waals surface area contributed by atoms with Crippen molar-refractivity contribution < 1.29 is 4.42 Å². The third-order valence-corrected chi connectivity index (χ3v) is 3.41. The molecule has 0 radical (unpaired) electrons. The third kappa shape index (κ3) is 2.39. The minimum atomic E-state index is 0.119.